The lowest BCUT2D eigenvalue weighted by Crippen LogP contribution is -2.29. The minimum absolute atomic E-state index is 0.128. The molecule has 0 aliphatic heterocycles. The van der Waals surface area contributed by atoms with E-state index in [-0.39, 0.29) is 6.04 Å². The summed E-state index contributed by atoms with van der Waals surface area (Å²) in [5, 5.41) is 2.29. The number of hydrogen-bond acceptors (Lipinski definition) is 4. The number of aromatic nitrogens is 1. The molecule has 0 saturated carbocycles. The number of nitrogens with zero attached hydrogens (tertiary/aromatic N) is 1. The Morgan fingerprint density at radius 1 is 1.19 bits per heavy atom. The lowest BCUT2D eigenvalue weighted by Gasteiger charge is -2.16. The van der Waals surface area contributed by atoms with Gasteiger partial charge in [0.2, 0.25) is 0 Å². The summed E-state index contributed by atoms with van der Waals surface area (Å²) in [5.41, 5.74) is 4.69. The summed E-state index contributed by atoms with van der Waals surface area (Å²) in [5.74, 6) is 5.69. The van der Waals surface area contributed by atoms with Crippen LogP contribution in [0.25, 0.3) is 10.2 Å². The van der Waals surface area contributed by atoms with Crippen molar-refractivity contribution in [2.24, 2.45) is 5.84 Å². The van der Waals surface area contributed by atoms with Crippen LogP contribution in [0.15, 0.2) is 42.5 Å². The molecule has 0 spiro atoms. The van der Waals surface area contributed by atoms with Crippen LogP contribution < -0.4 is 11.3 Å². The van der Waals surface area contributed by atoms with Crippen molar-refractivity contribution < 1.29 is 0 Å². The summed E-state index contributed by atoms with van der Waals surface area (Å²) >= 11 is 14.0. The van der Waals surface area contributed by atoms with Gasteiger partial charge in [-0.3, -0.25) is 11.3 Å². The highest BCUT2D eigenvalue weighted by molar-refractivity contribution is 7.18. The normalized spacial score (nSPS) is 12.7. The molecule has 2 aromatic carbocycles. The average molecular weight is 338 g/mol. The number of thiazole rings is 1. The summed E-state index contributed by atoms with van der Waals surface area (Å²) in [6.45, 7) is 0. The van der Waals surface area contributed by atoms with E-state index in [4.69, 9.17) is 29.0 Å². The van der Waals surface area contributed by atoms with Crippen LogP contribution in [0.2, 0.25) is 10.0 Å². The lowest BCUT2D eigenvalue weighted by molar-refractivity contribution is 0.551. The van der Waals surface area contributed by atoms with E-state index in [1.165, 1.54) is 4.70 Å². The van der Waals surface area contributed by atoms with E-state index in [9.17, 15) is 0 Å². The van der Waals surface area contributed by atoms with Gasteiger partial charge < -0.3 is 0 Å². The van der Waals surface area contributed by atoms with E-state index in [0.29, 0.717) is 16.5 Å². The van der Waals surface area contributed by atoms with Gasteiger partial charge in [0.15, 0.2) is 0 Å². The first kappa shape index (κ1) is 14.8. The second kappa shape index (κ2) is 6.30. The molecule has 3 nitrogen and oxygen atoms in total. The van der Waals surface area contributed by atoms with Gasteiger partial charge in [0, 0.05) is 16.5 Å². The Morgan fingerprint density at radius 2 is 2.00 bits per heavy atom. The highest BCUT2D eigenvalue weighted by Crippen LogP contribution is 2.30. The molecule has 1 aromatic heterocycles. The molecular weight excluding hydrogens is 325 g/mol. The Morgan fingerprint density at radius 3 is 2.76 bits per heavy atom. The van der Waals surface area contributed by atoms with Gasteiger partial charge in [-0.15, -0.1) is 11.3 Å². The molecular formula is C15H13Cl2N3S. The first-order valence-electron chi connectivity index (χ1n) is 6.43. The van der Waals surface area contributed by atoms with Gasteiger partial charge in [-0.1, -0.05) is 35.3 Å². The third-order valence-corrected chi connectivity index (χ3v) is 4.89. The van der Waals surface area contributed by atoms with Crippen LogP contribution in [0.3, 0.4) is 0 Å². The summed E-state index contributed by atoms with van der Waals surface area (Å²) in [6.07, 6.45) is 0.663. The Kier molecular flexibility index (Phi) is 4.42. The maximum Gasteiger partial charge on any atom is 0.0958 e. The van der Waals surface area contributed by atoms with Crippen molar-refractivity contribution in [3.8, 4) is 0 Å². The van der Waals surface area contributed by atoms with E-state index >= 15 is 0 Å². The summed E-state index contributed by atoms with van der Waals surface area (Å²) in [6, 6.07) is 13.3. The molecule has 0 aliphatic carbocycles. The molecule has 0 radical (unpaired) electrons. The third-order valence-electron chi connectivity index (χ3n) is 3.25. The van der Waals surface area contributed by atoms with E-state index in [1.54, 1.807) is 23.5 Å². The monoisotopic (exact) mass is 337 g/mol. The number of hydrazine groups is 1. The predicted molar refractivity (Wildman–Crippen MR) is 89.9 cm³/mol. The molecule has 0 bridgehead atoms. The van der Waals surface area contributed by atoms with Crippen molar-refractivity contribution in [3.63, 3.8) is 0 Å². The maximum absolute atomic E-state index is 6.24. The number of rotatable bonds is 4. The SMILES string of the molecule is NNC(Cc1nc2ccccc2s1)c1cc(Cl)ccc1Cl. The Balaban J connectivity index is 1.91. The molecule has 3 rings (SSSR count). The van der Waals surface area contributed by atoms with E-state index in [0.717, 1.165) is 16.1 Å². The fourth-order valence-electron chi connectivity index (χ4n) is 2.22. The Labute approximate surface area is 136 Å². The molecule has 108 valence electrons. The minimum atomic E-state index is -0.128. The van der Waals surface area contributed by atoms with Crippen LogP contribution >= 0.6 is 34.5 Å². The predicted octanol–water partition coefficient (Wildman–Crippen LogP) is 4.35. The van der Waals surface area contributed by atoms with Crippen LogP contribution in [0.4, 0.5) is 0 Å². The first-order chi connectivity index (χ1) is 10.2. The van der Waals surface area contributed by atoms with Crippen molar-refractivity contribution in [2.75, 3.05) is 0 Å². The van der Waals surface area contributed by atoms with Crippen LogP contribution in [-0.2, 0) is 6.42 Å². The molecule has 6 heteroatoms. The molecule has 0 aliphatic rings. The van der Waals surface area contributed by atoms with Crippen molar-refractivity contribution in [2.45, 2.75) is 12.5 Å². The van der Waals surface area contributed by atoms with Gasteiger partial charge in [0.25, 0.3) is 0 Å². The lowest BCUT2D eigenvalue weighted by atomic mass is 10.0. The molecule has 1 atom stereocenters. The summed E-state index contributed by atoms with van der Waals surface area (Å²) < 4.78 is 1.17. The average Bonchev–Trinajstić information content (AvgIpc) is 2.90. The molecule has 3 N–H and O–H groups in total. The summed E-state index contributed by atoms with van der Waals surface area (Å²) in [4.78, 5) is 4.62. The largest absolute Gasteiger partial charge is 0.271 e. The standard InChI is InChI=1S/C15H13Cl2N3S/c16-9-5-6-11(17)10(7-9)13(20-18)8-15-19-12-3-1-2-4-14(12)21-15/h1-7,13,20H,8,18H2. The molecule has 1 unspecified atom stereocenters. The zero-order valence-corrected chi connectivity index (χ0v) is 13.3. The fourth-order valence-corrected chi connectivity index (χ4v) is 3.66. The molecule has 21 heavy (non-hydrogen) atoms. The number of nitrogens with one attached hydrogen (secondary N) is 1. The number of halogens is 2. The highest BCUT2D eigenvalue weighted by atomic mass is 35.5. The van der Waals surface area contributed by atoms with Gasteiger partial charge in [0.1, 0.15) is 0 Å². The maximum atomic E-state index is 6.24. The first-order valence-corrected chi connectivity index (χ1v) is 8.00. The smallest absolute Gasteiger partial charge is 0.0958 e. The Bertz CT molecular complexity index is 739. The molecule has 0 amide bonds. The summed E-state index contributed by atoms with van der Waals surface area (Å²) in [7, 11) is 0. The van der Waals surface area contributed by atoms with Crippen molar-refractivity contribution in [3.05, 3.63) is 63.1 Å². The zero-order chi connectivity index (χ0) is 14.8. The van der Waals surface area contributed by atoms with Crippen LogP contribution in [-0.4, -0.2) is 4.98 Å². The van der Waals surface area contributed by atoms with Crippen molar-refractivity contribution >= 4 is 44.8 Å². The van der Waals surface area contributed by atoms with Gasteiger partial charge >= 0.3 is 0 Å². The zero-order valence-electron chi connectivity index (χ0n) is 11.0. The van der Waals surface area contributed by atoms with E-state index < -0.39 is 0 Å². The highest BCUT2D eigenvalue weighted by Gasteiger charge is 2.17. The number of benzene rings is 2. The second-order valence-electron chi connectivity index (χ2n) is 4.66. The van der Waals surface area contributed by atoms with Crippen molar-refractivity contribution in [1.82, 2.24) is 10.4 Å². The molecule has 3 aromatic rings. The number of hydrogen-bond donors (Lipinski definition) is 2. The van der Waals surface area contributed by atoms with Crippen molar-refractivity contribution in [1.29, 1.82) is 0 Å². The van der Waals surface area contributed by atoms with Crippen LogP contribution in [0, 0.1) is 0 Å². The molecule has 1 heterocycles. The number of para-hydroxylation sites is 1. The fraction of sp³-hybridized carbons (Fsp3) is 0.133. The van der Waals surface area contributed by atoms with Crippen LogP contribution in [0.1, 0.15) is 16.6 Å². The minimum Gasteiger partial charge on any atom is -0.271 e. The van der Waals surface area contributed by atoms with Gasteiger partial charge in [0.05, 0.1) is 21.3 Å². The van der Waals surface area contributed by atoms with Crippen LogP contribution in [0.5, 0.6) is 0 Å². The van der Waals surface area contributed by atoms with E-state index in [1.807, 2.05) is 24.3 Å². The number of nitrogens with two attached hydrogens (primary N) is 1. The number of fused-ring (bicyclic) bond motifs is 1. The topological polar surface area (TPSA) is 50.9 Å². The van der Waals surface area contributed by atoms with Gasteiger partial charge in [-0.2, -0.15) is 0 Å². The third kappa shape index (κ3) is 3.20. The van der Waals surface area contributed by atoms with Gasteiger partial charge in [-0.25, -0.2) is 4.98 Å². The Hall–Kier alpha value is -1.17. The van der Waals surface area contributed by atoms with Gasteiger partial charge in [-0.05, 0) is 35.9 Å². The second-order valence-corrected chi connectivity index (χ2v) is 6.62. The molecule has 0 saturated heterocycles. The van der Waals surface area contributed by atoms with E-state index in [2.05, 4.69) is 16.5 Å². The molecule has 0 fully saturated rings. The quantitative estimate of drug-likeness (QED) is 0.549.